The number of hydrogen-bond acceptors (Lipinski definition) is 1. The Morgan fingerprint density at radius 3 is 2.85 bits per heavy atom. The summed E-state index contributed by atoms with van der Waals surface area (Å²) in [7, 11) is 0. The molecule has 0 fully saturated rings. The fourth-order valence-corrected chi connectivity index (χ4v) is 1.39. The predicted molar refractivity (Wildman–Crippen MR) is 58.9 cm³/mol. The summed E-state index contributed by atoms with van der Waals surface area (Å²) in [5.41, 5.74) is 1.03. The largest absolute Gasteiger partial charge is 0.303 e. The van der Waals surface area contributed by atoms with Gasteiger partial charge < -0.3 is 4.79 Å². The average Bonchev–Trinajstić information content (AvgIpc) is 2.12. The minimum atomic E-state index is 0.445. The smallest absolute Gasteiger partial charge is 0.123 e. The van der Waals surface area contributed by atoms with Crippen LogP contribution in [0.2, 0.25) is 5.02 Å². The lowest BCUT2D eigenvalue weighted by Crippen LogP contribution is -1.74. The highest BCUT2D eigenvalue weighted by Gasteiger charge is 1.95. The van der Waals surface area contributed by atoms with Gasteiger partial charge in [0.2, 0.25) is 0 Å². The van der Waals surface area contributed by atoms with Gasteiger partial charge in [0, 0.05) is 10.9 Å². The van der Waals surface area contributed by atoms with E-state index in [-0.39, 0.29) is 0 Å². The molecule has 0 aliphatic rings. The number of aldehydes is 1. The molecule has 0 radical (unpaired) electrons. The maximum Gasteiger partial charge on any atom is 0.123 e. The second-order valence-corrected chi connectivity index (χ2v) is 3.74. The number of rotatable bonds is 3. The molecule has 0 N–H and O–H groups in total. The third kappa shape index (κ3) is 3.33. The molecular formula is C10H8BrClO. The Labute approximate surface area is 90.5 Å². The topological polar surface area (TPSA) is 17.1 Å². The van der Waals surface area contributed by atoms with Gasteiger partial charge in [-0.1, -0.05) is 29.8 Å². The Kier molecular flexibility index (Phi) is 4.19. The molecule has 0 aromatic heterocycles. The van der Waals surface area contributed by atoms with Crippen LogP contribution >= 0.6 is 27.5 Å². The minimum Gasteiger partial charge on any atom is -0.303 e. The van der Waals surface area contributed by atoms with Gasteiger partial charge in [-0.3, -0.25) is 0 Å². The average molecular weight is 260 g/mol. The molecular weight excluding hydrogens is 251 g/mol. The molecule has 0 atom stereocenters. The zero-order valence-corrected chi connectivity index (χ0v) is 9.18. The van der Waals surface area contributed by atoms with Gasteiger partial charge in [0.15, 0.2) is 0 Å². The van der Waals surface area contributed by atoms with Crippen molar-refractivity contribution in [2.24, 2.45) is 0 Å². The first-order chi connectivity index (χ1) is 6.24. The molecule has 0 saturated carbocycles. The molecule has 1 rings (SSSR count). The minimum absolute atomic E-state index is 0.445. The Hall–Kier alpha value is -0.600. The molecule has 1 nitrogen and oxygen atoms in total. The van der Waals surface area contributed by atoms with Gasteiger partial charge in [-0.15, -0.1) is 0 Å². The molecule has 3 heteroatoms. The second-order valence-electron chi connectivity index (χ2n) is 2.48. The SMILES string of the molecule is O=CCC=Cc1ccc(Cl)c(Br)c1. The van der Waals surface area contributed by atoms with Gasteiger partial charge >= 0.3 is 0 Å². The van der Waals surface area contributed by atoms with Crippen LogP contribution in [0.1, 0.15) is 12.0 Å². The molecule has 0 amide bonds. The van der Waals surface area contributed by atoms with E-state index in [1.54, 1.807) is 0 Å². The van der Waals surface area contributed by atoms with E-state index in [4.69, 9.17) is 11.6 Å². The summed E-state index contributed by atoms with van der Waals surface area (Å²) >= 11 is 9.13. The van der Waals surface area contributed by atoms with Gasteiger partial charge in [0.05, 0.1) is 5.02 Å². The van der Waals surface area contributed by atoms with Crippen molar-refractivity contribution in [1.29, 1.82) is 0 Å². The van der Waals surface area contributed by atoms with E-state index in [0.717, 1.165) is 16.3 Å². The molecule has 0 heterocycles. The van der Waals surface area contributed by atoms with E-state index in [2.05, 4.69) is 15.9 Å². The monoisotopic (exact) mass is 258 g/mol. The third-order valence-corrected chi connectivity index (χ3v) is 2.70. The first kappa shape index (κ1) is 10.5. The van der Waals surface area contributed by atoms with E-state index in [9.17, 15) is 4.79 Å². The van der Waals surface area contributed by atoms with Crippen molar-refractivity contribution in [2.45, 2.75) is 6.42 Å². The van der Waals surface area contributed by atoms with Gasteiger partial charge in [-0.25, -0.2) is 0 Å². The molecule has 0 saturated heterocycles. The zero-order valence-electron chi connectivity index (χ0n) is 6.84. The molecule has 0 bridgehead atoms. The lowest BCUT2D eigenvalue weighted by molar-refractivity contribution is -0.107. The molecule has 0 unspecified atom stereocenters. The molecule has 1 aromatic rings. The van der Waals surface area contributed by atoms with Crippen LogP contribution in [0.3, 0.4) is 0 Å². The van der Waals surface area contributed by atoms with Crippen LogP contribution in [0.5, 0.6) is 0 Å². The van der Waals surface area contributed by atoms with E-state index >= 15 is 0 Å². The maximum absolute atomic E-state index is 10.0. The van der Waals surface area contributed by atoms with E-state index in [1.165, 1.54) is 0 Å². The third-order valence-electron chi connectivity index (χ3n) is 1.49. The molecule has 0 aliphatic carbocycles. The Morgan fingerprint density at radius 2 is 2.23 bits per heavy atom. The van der Waals surface area contributed by atoms with Crippen molar-refractivity contribution in [2.75, 3.05) is 0 Å². The van der Waals surface area contributed by atoms with Crippen molar-refractivity contribution in [3.63, 3.8) is 0 Å². The van der Waals surface area contributed by atoms with Crippen LogP contribution in [0.4, 0.5) is 0 Å². The van der Waals surface area contributed by atoms with Crippen molar-refractivity contribution in [1.82, 2.24) is 0 Å². The predicted octanol–water partition coefficient (Wildman–Crippen LogP) is 3.70. The van der Waals surface area contributed by atoms with E-state index in [0.29, 0.717) is 11.4 Å². The molecule has 1 aromatic carbocycles. The first-order valence-corrected chi connectivity index (χ1v) is 4.96. The summed E-state index contributed by atoms with van der Waals surface area (Å²) in [6, 6.07) is 5.62. The highest BCUT2D eigenvalue weighted by atomic mass is 79.9. The van der Waals surface area contributed by atoms with Gasteiger partial charge in [0.1, 0.15) is 6.29 Å². The Bertz CT molecular complexity index is 334. The number of hydrogen-bond donors (Lipinski definition) is 0. The fraction of sp³-hybridized carbons (Fsp3) is 0.100. The van der Waals surface area contributed by atoms with Gasteiger partial charge in [-0.2, -0.15) is 0 Å². The lowest BCUT2D eigenvalue weighted by Gasteiger charge is -1.96. The number of allylic oxidation sites excluding steroid dienone is 1. The van der Waals surface area contributed by atoms with Crippen LogP contribution in [0.25, 0.3) is 6.08 Å². The van der Waals surface area contributed by atoms with Crippen LogP contribution in [-0.2, 0) is 4.79 Å². The van der Waals surface area contributed by atoms with Gasteiger partial charge in [0.25, 0.3) is 0 Å². The highest BCUT2D eigenvalue weighted by molar-refractivity contribution is 9.10. The zero-order chi connectivity index (χ0) is 9.68. The summed E-state index contributed by atoms with van der Waals surface area (Å²) in [6.45, 7) is 0. The van der Waals surface area contributed by atoms with Crippen LogP contribution in [0.15, 0.2) is 28.7 Å². The number of carbonyl (C=O) groups excluding carboxylic acids is 1. The molecule has 0 aliphatic heterocycles. The molecule has 68 valence electrons. The van der Waals surface area contributed by atoms with Crippen molar-refractivity contribution < 1.29 is 4.79 Å². The number of carbonyl (C=O) groups is 1. The quantitative estimate of drug-likeness (QED) is 0.756. The van der Waals surface area contributed by atoms with E-state index < -0.39 is 0 Å². The van der Waals surface area contributed by atoms with Crippen molar-refractivity contribution in [3.05, 3.63) is 39.3 Å². The van der Waals surface area contributed by atoms with Crippen LogP contribution < -0.4 is 0 Å². The summed E-state index contributed by atoms with van der Waals surface area (Å²) in [4.78, 5) is 10.0. The first-order valence-electron chi connectivity index (χ1n) is 3.79. The van der Waals surface area contributed by atoms with Crippen LogP contribution in [0, 0.1) is 0 Å². The summed E-state index contributed by atoms with van der Waals surface area (Å²) in [5, 5.41) is 0.688. The lowest BCUT2D eigenvalue weighted by atomic mass is 10.2. The number of halogens is 2. The standard InChI is InChI=1S/C10H8BrClO/c11-9-7-8(3-1-2-6-13)4-5-10(9)12/h1,3-7H,2H2. The van der Waals surface area contributed by atoms with Gasteiger partial charge in [-0.05, 0) is 33.6 Å². The summed E-state index contributed by atoms with van der Waals surface area (Å²) < 4.78 is 0.863. The fourth-order valence-electron chi connectivity index (χ4n) is 0.876. The number of benzene rings is 1. The molecule has 0 spiro atoms. The highest BCUT2D eigenvalue weighted by Crippen LogP contribution is 2.23. The normalized spacial score (nSPS) is 10.6. The Morgan fingerprint density at radius 1 is 1.46 bits per heavy atom. The Balaban J connectivity index is 2.79. The molecule has 13 heavy (non-hydrogen) atoms. The van der Waals surface area contributed by atoms with Crippen molar-refractivity contribution >= 4 is 39.9 Å². The summed E-state index contributed by atoms with van der Waals surface area (Å²) in [5.74, 6) is 0. The summed E-state index contributed by atoms with van der Waals surface area (Å²) in [6.07, 6.45) is 5.00. The van der Waals surface area contributed by atoms with E-state index in [1.807, 2.05) is 30.4 Å². The van der Waals surface area contributed by atoms with Crippen molar-refractivity contribution in [3.8, 4) is 0 Å². The second kappa shape index (κ2) is 5.20. The maximum atomic E-state index is 10.0. The van der Waals surface area contributed by atoms with Crippen LogP contribution in [-0.4, -0.2) is 6.29 Å².